The molecular weight excluding hydrogens is 358 g/mol. The zero-order valence-electron chi connectivity index (χ0n) is 16.1. The molecule has 4 nitrogen and oxygen atoms in total. The Balaban J connectivity index is 1.72. The summed E-state index contributed by atoms with van der Waals surface area (Å²) in [5, 5.41) is 6.58. The molecule has 1 aromatic heterocycles. The zero-order valence-corrected chi connectivity index (χ0v) is 16.8. The number of hydrogen-bond acceptors (Lipinski definition) is 1. The van der Waals surface area contributed by atoms with E-state index in [1.807, 2.05) is 70.2 Å². The lowest BCUT2D eigenvalue weighted by Gasteiger charge is -2.12. The smallest absolute Gasteiger partial charge is 0.319 e. The van der Waals surface area contributed by atoms with Crippen LogP contribution in [0.15, 0.2) is 48.5 Å². The average Bonchev–Trinajstić information content (AvgIpc) is 2.90. The summed E-state index contributed by atoms with van der Waals surface area (Å²) in [6, 6.07) is 15.6. The Morgan fingerprint density at radius 2 is 1.81 bits per heavy atom. The second-order valence-electron chi connectivity index (χ2n) is 6.84. The molecule has 0 saturated carbocycles. The minimum Gasteiger partial charge on any atom is -0.334 e. The van der Waals surface area contributed by atoms with E-state index in [1.54, 1.807) is 0 Å². The number of amides is 2. The fourth-order valence-electron chi connectivity index (χ4n) is 3.23. The molecule has 0 fully saturated rings. The van der Waals surface area contributed by atoms with Gasteiger partial charge in [0.25, 0.3) is 0 Å². The SMILES string of the molecule is Cc1ccc(C)c(NC(=O)NCc2cc(C)n(-c3cccc(Cl)c3)c2C)c1. The Morgan fingerprint density at radius 1 is 1.04 bits per heavy atom. The molecule has 1 heterocycles. The lowest BCUT2D eigenvalue weighted by Crippen LogP contribution is -2.28. The zero-order chi connectivity index (χ0) is 19.6. The van der Waals surface area contributed by atoms with Crippen molar-refractivity contribution in [3.63, 3.8) is 0 Å². The highest BCUT2D eigenvalue weighted by atomic mass is 35.5. The largest absolute Gasteiger partial charge is 0.334 e. The van der Waals surface area contributed by atoms with E-state index in [1.165, 1.54) is 0 Å². The predicted octanol–water partition coefficient (Wildman–Crippen LogP) is 5.69. The van der Waals surface area contributed by atoms with Gasteiger partial charge in [0, 0.05) is 34.3 Å². The normalized spacial score (nSPS) is 10.7. The first-order chi connectivity index (χ1) is 12.8. The van der Waals surface area contributed by atoms with Crippen LogP contribution in [0.5, 0.6) is 0 Å². The highest BCUT2D eigenvalue weighted by molar-refractivity contribution is 6.30. The summed E-state index contributed by atoms with van der Waals surface area (Å²) in [6.45, 7) is 8.54. The number of urea groups is 1. The summed E-state index contributed by atoms with van der Waals surface area (Å²) >= 11 is 6.13. The van der Waals surface area contributed by atoms with Crippen LogP contribution >= 0.6 is 11.6 Å². The maximum Gasteiger partial charge on any atom is 0.319 e. The van der Waals surface area contributed by atoms with Crippen LogP contribution < -0.4 is 10.6 Å². The van der Waals surface area contributed by atoms with Crippen molar-refractivity contribution in [3.05, 3.63) is 81.6 Å². The van der Waals surface area contributed by atoms with E-state index in [0.29, 0.717) is 11.6 Å². The maximum absolute atomic E-state index is 12.3. The first-order valence-electron chi connectivity index (χ1n) is 8.91. The first kappa shape index (κ1) is 19.1. The standard InChI is InChI=1S/C22H24ClN3O/c1-14-8-9-15(2)21(10-14)25-22(27)24-13-18-11-16(3)26(17(18)4)20-7-5-6-19(23)12-20/h5-12H,13H2,1-4H3,(H2,24,25,27). The lowest BCUT2D eigenvalue weighted by atomic mass is 10.1. The van der Waals surface area contributed by atoms with Crippen LogP contribution in [0.2, 0.25) is 5.02 Å². The second kappa shape index (κ2) is 7.89. The number of carbonyl (C=O) groups is 1. The van der Waals surface area contributed by atoms with Crippen molar-refractivity contribution in [2.45, 2.75) is 34.2 Å². The quantitative estimate of drug-likeness (QED) is 0.599. The van der Waals surface area contributed by atoms with Crippen molar-refractivity contribution >= 4 is 23.3 Å². The lowest BCUT2D eigenvalue weighted by molar-refractivity contribution is 0.251. The van der Waals surface area contributed by atoms with Gasteiger partial charge in [0.1, 0.15) is 0 Å². The van der Waals surface area contributed by atoms with Gasteiger partial charge in [-0.25, -0.2) is 4.79 Å². The molecule has 2 amide bonds. The number of rotatable bonds is 4. The molecule has 0 aliphatic carbocycles. The van der Waals surface area contributed by atoms with E-state index < -0.39 is 0 Å². The van der Waals surface area contributed by atoms with Crippen LogP contribution in [0, 0.1) is 27.7 Å². The van der Waals surface area contributed by atoms with E-state index in [9.17, 15) is 4.79 Å². The molecule has 0 aliphatic rings. The van der Waals surface area contributed by atoms with Gasteiger partial charge in [0.15, 0.2) is 0 Å². The van der Waals surface area contributed by atoms with E-state index in [0.717, 1.165) is 39.5 Å². The summed E-state index contributed by atoms with van der Waals surface area (Å²) in [4.78, 5) is 12.3. The highest BCUT2D eigenvalue weighted by Crippen LogP contribution is 2.23. The molecule has 2 N–H and O–H groups in total. The molecule has 3 rings (SSSR count). The van der Waals surface area contributed by atoms with Crippen LogP contribution in [-0.4, -0.2) is 10.6 Å². The minimum absolute atomic E-state index is 0.212. The van der Waals surface area contributed by atoms with Crippen molar-refractivity contribution in [2.24, 2.45) is 0 Å². The third kappa shape index (κ3) is 4.34. The number of benzene rings is 2. The van der Waals surface area contributed by atoms with Gasteiger partial charge >= 0.3 is 6.03 Å². The summed E-state index contributed by atoms with van der Waals surface area (Å²) in [6.07, 6.45) is 0. The number of anilines is 1. The molecule has 0 bridgehead atoms. The third-order valence-corrected chi connectivity index (χ3v) is 4.92. The maximum atomic E-state index is 12.3. The Bertz CT molecular complexity index is 991. The number of aromatic nitrogens is 1. The summed E-state index contributed by atoms with van der Waals surface area (Å²) in [5.41, 5.74) is 7.25. The molecule has 0 radical (unpaired) electrons. The molecule has 0 spiro atoms. The number of carbonyl (C=O) groups excluding carboxylic acids is 1. The molecule has 140 valence electrons. The Labute approximate surface area is 165 Å². The minimum atomic E-state index is -0.212. The van der Waals surface area contributed by atoms with Crippen molar-refractivity contribution in [1.29, 1.82) is 0 Å². The van der Waals surface area contributed by atoms with Crippen LogP contribution in [0.3, 0.4) is 0 Å². The molecule has 0 saturated heterocycles. The first-order valence-corrected chi connectivity index (χ1v) is 9.29. The number of halogens is 1. The molecular formula is C22H24ClN3O. The molecule has 0 unspecified atom stereocenters. The number of nitrogens with one attached hydrogen (secondary N) is 2. The summed E-state index contributed by atoms with van der Waals surface area (Å²) < 4.78 is 2.14. The van der Waals surface area contributed by atoms with Gasteiger partial charge in [-0.05, 0) is 74.7 Å². The fourth-order valence-corrected chi connectivity index (χ4v) is 3.42. The van der Waals surface area contributed by atoms with Gasteiger partial charge in [-0.1, -0.05) is 29.8 Å². The van der Waals surface area contributed by atoms with Gasteiger partial charge < -0.3 is 15.2 Å². The predicted molar refractivity (Wildman–Crippen MR) is 112 cm³/mol. The number of hydrogen-bond donors (Lipinski definition) is 2. The third-order valence-electron chi connectivity index (χ3n) is 4.68. The van der Waals surface area contributed by atoms with Gasteiger partial charge in [-0.3, -0.25) is 0 Å². The van der Waals surface area contributed by atoms with E-state index in [-0.39, 0.29) is 6.03 Å². The van der Waals surface area contributed by atoms with E-state index >= 15 is 0 Å². The van der Waals surface area contributed by atoms with Crippen LogP contribution in [-0.2, 0) is 6.54 Å². The Morgan fingerprint density at radius 3 is 2.56 bits per heavy atom. The molecule has 27 heavy (non-hydrogen) atoms. The van der Waals surface area contributed by atoms with Gasteiger partial charge in [0.2, 0.25) is 0 Å². The topological polar surface area (TPSA) is 46.1 Å². The van der Waals surface area contributed by atoms with Gasteiger partial charge in [-0.2, -0.15) is 0 Å². The molecule has 2 aromatic carbocycles. The Kier molecular flexibility index (Phi) is 5.57. The monoisotopic (exact) mass is 381 g/mol. The molecule has 3 aromatic rings. The second-order valence-corrected chi connectivity index (χ2v) is 7.27. The van der Waals surface area contributed by atoms with Crippen molar-refractivity contribution < 1.29 is 4.79 Å². The van der Waals surface area contributed by atoms with E-state index in [2.05, 4.69) is 21.3 Å². The summed E-state index contributed by atoms with van der Waals surface area (Å²) in [5.74, 6) is 0. The Hall–Kier alpha value is -2.72. The van der Waals surface area contributed by atoms with Crippen molar-refractivity contribution in [3.8, 4) is 5.69 Å². The van der Waals surface area contributed by atoms with Crippen LogP contribution in [0.1, 0.15) is 28.1 Å². The summed E-state index contributed by atoms with van der Waals surface area (Å²) in [7, 11) is 0. The van der Waals surface area contributed by atoms with Gasteiger partial charge in [0.05, 0.1) is 0 Å². The fraction of sp³-hybridized carbons (Fsp3) is 0.227. The van der Waals surface area contributed by atoms with E-state index in [4.69, 9.17) is 11.6 Å². The van der Waals surface area contributed by atoms with Crippen molar-refractivity contribution in [1.82, 2.24) is 9.88 Å². The van der Waals surface area contributed by atoms with Crippen LogP contribution in [0.25, 0.3) is 5.69 Å². The molecule has 0 aliphatic heterocycles. The van der Waals surface area contributed by atoms with Gasteiger partial charge in [-0.15, -0.1) is 0 Å². The van der Waals surface area contributed by atoms with Crippen LogP contribution in [0.4, 0.5) is 10.5 Å². The highest BCUT2D eigenvalue weighted by Gasteiger charge is 2.12. The average molecular weight is 382 g/mol. The number of aryl methyl sites for hydroxylation is 3. The van der Waals surface area contributed by atoms with Crippen molar-refractivity contribution in [2.75, 3.05) is 5.32 Å². The molecule has 0 atom stereocenters. The number of nitrogens with zero attached hydrogens (tertiary/aromatic N) is 1. The molecule has 5 heteroatoms.